The number of benzene rings is 4. The molecule has 0 unspecified atom stereocenters. The maximum atomic E-state index is 6.68. The van der Waals surface area contributed by atoms with Crippen molar-refractivity contribution in [3.05, 3.63) is 144 Å². The van der Waals surface area contributed by atoms with Gasteiger partial charge in [-0.1, -0.05) is 72.8 Å². The van der Waals surface area contributed by atoms with Gasteiger partial charge in [0.1, 0.15) is 0 Å². The Hall–Kier alpha value is -7.32. The van der Waals surface area contributed by atoms with E-state index < -0.39 is 0 Å². The number of aromatic nitrogens is 4. The van der Waals surface area contributed by atoms with Gasteiger partial charge in [0.25, 0.3) is 0 Å². The molecule has 4 aromatic carbocycles. The largest absolute Gasteiger partial charge is 0.398 e. The van der Waals surface area contributed by atoms with Crippen LogP contribution >= 0.6 is 0 Å². The molecule has 8 nitrogen and oxygen atoms in total. The van der Waals surface area contributed by atoms with Gasteiger partial charge in [0, 0.05) is 89.3 Å². The number of nitrogens with zero attached hydrogens (tertiary/aromatic N) is 2. The van der Waals surface area contributed by atoms with Gasteiger partial charge in [-0.25, -0.2) is 9.97 Å². The second kappa shape index (κ2) is 12.2. The van der Waals surface area contributed by atoms with Crippen molar-refractivity contribution in [2.24, 2.45) is 0 Å². The minimum Gasteiger partial charge on any atom is -0.398 e. The maximum Gasteiger partial charge on any atom is 0.0738 e. The van der Waals surface area contributed by atoms with Crippen LogP contribution in [0.15, 0.2) is 121 Å². The SMILES string of the molecule is Nc1ccccc1-c1c2nc(c(-c3ccccc3N)c3ccc([nH]3)c(-c3ccccc3N)c3ccc([nH]3)c(-c3ccccc3N)c3nc1C=C3)C=C2. The number of anilines is 4. The first-order valence-corrected chi connectivity index (χ1v) is 17.0. The molecule has 250 valence electrons. The molecule has 0 amide bonds. The van der Waals surface area contributed by atoms with E-state index in [9.17, 15) is 0 Å². The van der Waals surface area contributed by atoms with E-state index in [1.165, 1.54) is 0 Å². The number of nitrogens with one attached hydrogen (secondary N) is 2. The molecule has 8 heteroatoms. The summed E-state index contributed by atoms with van der Waals surface area (Å²) in [5.41, 5.74) is 42.5. The number of nitrogen functional groups attached to an aromatic ring is 4. The number of hydrogen-bond donors (Lipinski definition) is 6. The van der Waals surface area contributed by atoms with Crippen LogP contribution in [0, 0.1) is 0 Å². The summed E-state index contributed by atoms with van der Waals surface area (Å²) in [6.07, 6.45) is 8.09. The number of hydrogen-bond acceptors (Lipinski definition) is 6. The van der Waals surface area contributed by atoms with E-state index in [4.69, 9.17) is 32.9 Å². The lowest BCUT2D eigenvalue weighted by atomic mass is 10.0. The lowest BCUT2D eigenvalue weighted by Crippen LogP contribution is -1.96. The molecule has 2 aliphatic rings. The van der Waals surface area contributed by atoms with Crippen molar-refractivity contribution < 1.29 is 0 Å². The van der Waals surface area contributed by atoms with Gasteiger partial charge in [0.15, 0.2) is 0 Å². The highest BCUT2D eigenvalue weighted by atomic mass is 14.8. The summed E-state index contributed by atoms with van der Waals surface area (Å²) in [5.74, 6) is 0. The second-order valence-electron chi connectivity index (χ2n) is 12.9. The third-order valence-corrected chi connectivity index (χ3v) is 9.67. The van der Waals surface area contributed by atoms with Gasteiger partial charge >= 0.3 is 0 Å². The minimum absolute atomic E-state index is 0.625. The molecule has 0 fully saturated rings. The molecule has 9 rings (SSSR count). The molecule has 0 radical (unpaired) electrons. The fourth-order valence-corrected chi connectivity index (χ4v) is 7.24. The number of nitrogens with two attached hydrogens (primary N) is 4. The average molecular weight is 675 g/mol. The zero-order chi connectivity index (χ0) is 35.3. The van der Waals surface area contributed by atoms with Crippen molar-refractivity contribution in [1.82, 2.24) is 19.9 Å². The zero-order valence-corrected chi connectivity index (χ0v) is 28.1. The lowest BCUT2D eigenvalue weighted by Gasteiger charge is -2.10. The van der Waals surface area contributed by atoms with Gasteiger partial charge in [-0.05, 0) is 72.8 Å². The quantitative estimate of drug-likeness (QED) is 0.102. The second-order valence-corrected chi connectivity index (χ2v) is 12.9. The first kappa shape index (κ1) is 30.7. The summed E-state index contributed by atoms with van der Waals surface area (Å²) in [6, 6.07) is 39.7. The van der Waals surface area contributed by atoms with Crippen molar-refractivity contribution in [3.63, 3.8) is 0 Å². The summed E-state index contributed by atoms with van der Waals surface area (Å²) in [4.78, 5) is 18.1. The molecule has 52 heavy (non-hydrogen) atoms. The molecule has 3 aromatic heterocycles. The molecule has 7 aromatic rings. The summed E-state index contributed by atoms with van der Waals surface area (Å²) < 4.78 is 0. The lowest BCUT2D eigenvalue weighted by molar-refractivity contribution is 1.28. The predicted octanol–water partition coefficient (Wildman–Crippen LogP) is 9.65. The van der Waals surface area contributed by atoms with Gasteiger partial charge in [-0.15, -0.1) is 0 Å². The number of aromatic amines is 2. The molecule has 0 spiro atoms. The molecule has 0 atom stereocenters. The minimum atomic E-state index is 0.625. The van der Waals surface area contributed by atoms with Crippen LogP contribution in [0.1, 0.15) is 22.8 Å². The van der Waals surface area contributed by atoms with Crippen LogP contribution in [0.4, 0.5) is 22.7 Å². The average Bonchev–Trinajstić information content (AvgIpc) is 3.99. The van der Waals surface area contributed by atoms with Crippen molar-refractivity contribution in [2.75, 3.05) is 22.9 Å². The summed E-state index contributed by atoms with van der Waals surface area (Å²) >= 11 is 0. The van der Waals surface area contributed by atoms with E-state index in [0.717, 1.165) is 89.4 Å². The molecule has 8 bridgehead atoms. The number of rotatable bonds is 4. The van der Waals surface area contributed by atoms with E-state index in [1.807, 2.05) is 121 Å². The van der Waals surface area contributed by atoms with Gasteiger partial charge < -0.3 is 32.9 Å². The Labute approximate surface area is 299 Å². The fraction of sp³-hybridized carbons (Fsp3) is 0. The molecule has 5 heterocycles. The van der Waals surface area contributed by atoms with Gasteiger partial charge in [0.2, 0.25) is 0 Å². The topological polar surface area (TPSA) is 161 Å². The van der Waals surface area contributed by atoms with Crippen LogP contribution in [0.5, 0.6) is 0 Å². The van der Waals surface area contributed by atoms with Crippen molar-refractivity contribution in [1.29, 1.82) is 0 Å². The van der Waals surface area contributed by atoms with Gasteiger partial charge in [-0.3, -0.25) is 0 Å². The molecule has 0 saturated heterocycles. The third kappa shape index (κ3) is 5.09. The zero-order valence-electron chi connectivity index (χ0n) is 28.1. The van der Waals surface area contributed by atoms with Crippen LogP contribution in [0.2, 0.25) is 0 Å². The van der Waals surface area contributed by atoms with Gasteiger partial charge in [0.05, 0.1) is 22.8 Å². The Kier molecular flexibility index (Phi) is 7.22. The monoisotopic (exact) mass is 674 g/mol. The van der Waals surface area contributed by atoms with Crippen LogP contribution in [-0.4, -0.2) is 19.9 Å². The van der Waals surface area contributed by atoms with E-state index in [0.29, 0.717) is 22.7 Å². The normalized spacial score (nSPS) is 12.0. The summed E-state index contributed by atoms with van der Waals surface area (Å²) in [5, 5.41) is 0. The molecular weight excluding hydrogens is 641 g/mol. The van der Waals surface area contributed by atoms with Crippen LogP contribution in [0.3, 0.4) is 0 Å². The first-order valence-electron chi connectivity index (χ1n) is 17.0. The summed E-state index contributed by atoms with van der Waals surface area (Å²) in [6.45, 7) is 0. The summed E-state index contributed by atoms with van der Waals surface area (Å²) in [7, 11) is 0. The molecule has 10 N–H and O–H groups in total. The van der Waals surface area contributed by atoms with Gasteiger partial charge in [-0.2, -0.15) is 0 Å². The standard InChI is InChI=1S/C44H34N8/c45-29-13-5-1-9-25(29)41-33-17-19-35(49-33)42(26-10-2-6-14-30(26)46)37-21-23-39(51-37)44(28-12-4-8-16-32(28)48)40-24-22-38(52-40)43(36-20-18-34(41)50-36)27-11-3-7-15-31(27)47/h1-24,49-50H,45-48H2. The van der Waals surface area contributed by atoms with E-state index in [2.05, 4.69) is 34.2 Å². The van der Waals surface area contributed by atoms with Crippen LogP contribution in [-0.2, 0) is 0 Å². The highest BCUT2D eigenvalue weighted by Crippen LogP contribution is 2.41. The number of fused-ring (bicyclic) bond motifs is 8. The Bertz CT molecular complexity index is 2660. The molecular formula is C44H34N8. The Balaban J connectivity index is 1.51. The molecule has 2 aliphatic heterocycles. The third-order valence-electron chi connectivity index (χ3n) is 9.67. The molecule has 0 saturated carbocycles. The van der Waals surface area contributed by atoms with E-state index >= 15 is 0 Å². The number of para-hydroxylation sites is 4. The van der Waals surface area contributed by atoms with Crippen LogP contribution in [0.25, 0.3) is 90.9 Å². The van der Waals surface area contributed by atoms with Crippen molar-refractivity contribution in [3.8, 4) is 44.5 Å². The number of H-pyrrole nitrogens is 2. The fourth-order valence-electron chi connectivity index (χ4n) is 7.24. The first-order chi connectivity index (χ1) is 25.4. The maximum absolute atomic E-state index is 6.68. The van der Waals surface area contributed by atoms with E-state index in [1.54, 1.807) is 0 Å². The highest BCUT2D eigenvalue weighted by Gasteiger charge is 2.21. The Morgan fingerprint density at radius 2 is 0.577 bits per heavy atom. The predicted molar refractivity (Wildman–Crippen MR) is 218 cm³/mol. The van der Waals surface area contributed by atoms with Crippen LogP contribution < -0.4 is 22.9 Å². The Morgan fingerprint density at radius 3 is 0.923 bits per heavy atom. The molecule has 0 aliphatic carbocycles. The highest BCUT2D eigenvalue weighted by molar-refractivity contribution is 6.03. The van der Waals surface area contributed by atoms with E-state index in [-0.39, 0.29) is 0 Å². The smallest absolute Gasteiger partial charge is 0.0738 e. The Morgan fingerprint density at radius 1 is 0.308 bits per heavy atom. The van der Waals surface area contributed by atoms with Crippen molar-refractivity contribution in [2.45, 2.75) is 0 Å². The van der Waals surface area contributed by atoms with Crippen molar-refractivity contribution >= 4 is 69.1 Å².